The lowest BCUT2D eigenvalue weighted by Crippen LogP contribution is -2.03. The molecule has 0 unspecified atom stereocenters. The first kappa shape index (κ1) is 8.53. The fourth-order valence-corrected chi connectivity index (χ4v) is 1.69. The summed E-state index contributed by atoms with van der Waals surface area (Å²) in [7, 11) is 0. The van der Waals surface area contributed by atoms with Gasteiger partial charge in [0.05, 0.1) is 0 Å². The minimum Gasteiger partial charge on any atom is -0.508 e. The number of hydrogen-bond acceptors (Lipinski definition) is 3. The van der Waals surface area contributed by atoms with Crippen molar-refractivity contribution in [2.75, 3.05) is 5.32 Å². The molecular formula is C12H12N2O. The van der Waals surface area contributed by atoms with Crippen molar-refractivity contribution >= 4 is 16.6 Å². The lowest BCUT2D eigenvalue weighted by atomic mass is 10.1. The molecule has 0 radical (unpaired) electrons. The van der Waals surface area contributed by atoms with E-state index in [1.165, 1.54) is 12.8 Å². The highest BCUT2D eigenvalue weighted by atomic mass is 16.3. The largest absolute Gasteiger partial charge is 0.508 e. The van der Waals surface area contributed by atoms with E-state index in [2.05, 4.69) is 10.3 Å². The quantitative estimate of drug-likeness (QED) is 0.783. The van der Waals surface area contributed by atoms with Crippen molar-refractivity contribution < 1.29 is 5.11 Å². The third-order valence-electron chi connectivity index (χ3n) is 2.67. The molecule has 0 amide bonds. The van der Waals surface area contributed by atoms with Crippen molar-refractivity contribution in [3.8, 4) is 5.75 Å². The van der Waals surface area contributed by atoms with Gasteiger partial charge in [0.15, 0.2) is 0 Å². The number of nitrogens with zero attached hydrogens (tertiary/aromatic N) is 1. The van der Waals surface area contributed by atoms with Gasteiger partial charge in [-0.3, -0.25) is 0 Å². The fraction of sp³-hybridized carbons (Fsp3) is 0.250. The Morgan fingerprint density at radius 2 is 2.13 bits per heavy atom. The third-order valence-corrected chi connectivity index (χ3v) is 2.67. The van der Waals surface area contributed by atoms with Crippen molar-refractivity contribution in [3.63, 3.8) is 0 Å². The first-order chi connectivity index (χ1) is 7.33. The summed E-state index contributed by atoms with van der Waals surface area (Å²) in [4.78, 5) is 4.31. The first-order valence-electron chi connectivity index (χ1n) is 5.17. The van der Waals surface area contributed by atoms with E-state index in [-0.39, 0.29) is 5.75 Å². The molecule has 1 aliphatic rings. The number of fused-ring (bicyclic) bond motifs is 1. The molecule has 1 aromatic heterocycles. The molecule has 15 heavy (non-hydrogen) atoms. The summed E-state index contributed by atoms with van der Waals surface area (Å²) >= 11 is 0. The van der Waals surface area contributed by atoms with E-state index in [1.807, 2.05) is 12.1 Å². The smallest absolute Gasteiger partial charge is 0.134 e. The summed E-state index contributed by atoms with van der Waals surface area (Å²) < 4.78 is 0. The van der Waals surface area contributed by atoms with E-state index >= 15 is 0 Å². The fourth-order valence-electron chi connectivity index (χ4n) is 1.69. The second kappa shape index (κ2) is 3.12. The molecule has 1 fully saturated rings. The maximum atomic E-state index is 9.45. The van der Waals surface area contributed by atoms with Crippen LogP contribution in [-0.4, -0.2) is 16.1 Å². The average Bonchev–Trinajstić information content (AvgIpc) is 3.03. The lowest BCUT2D eigenvalue weighted by Gasteiger charge is -2.07. The molecule has 1 aromatic carbocycles. The van der Waals surface area contributed by atoms with Gasteiger partial charge in [0.25, 0.3) is 0 Å². The molecule has 3 rings (SSSR count). The molecule has 1 heterocycles. The molecule has 76 valence electrons. The Kier molecular flexibility index (Phi) is 1.78. The van der Waals surface area contributed by atoms with Gasteiger partial charge in [0.1, 0.15) is 11.6 Å². The topological polar surface area (TPSA) is 45.2 Å². The molecule has 2 N–H and O–H groups in total. The monoisotopic (exact) mass is 200 g/mol. The van der Waals surface area contributed by atoms with Crippen LogP contribution in [-0.2, 0) is 0 Å². The number of nitrogens with one attached hydrogen (secondary N) is 1. The molecule has 0 aliphatic heterocycles. The molecule has 0 spiro atoms. The molecule has 0 saturated heterocycles. The van der Waals surface area contributed by atoms with Crippen LogP contribution in [0, 0.1) is 0 Å². The number of anilines is 1. The SMILES string of the molecule is Oc1ccc2ccnc(NC3CC3)c2c1. The summed E-state index contributed by atoms with van der Waals surface area (Å²) in [5, 5.41) is 14.9. The predicted molar refractivity (Wildman–Crippen MR) is 60.1 cm³/mol. The Balaban J connectivity index is 2.13. The number of phenolic OH excluding ortho intramolecular Hbond substituents is 1. The van der Waals surface area contributed by atoms with Gasteiger partial charge in [0.2, 0.25) is 0 Å². The zero-order chi connectivity index (χ0) is 10.3. The van der Waals surface area contributed by atoms with Crippen LogP contribution < -0.4 is 5.32 Å². The van der Waals surface area contributed by atoms with Crippen molar-refractivity contribution in [2.45, 2.75) is 18.9 Å². The number of benzene rings is 1. The van der Waals surface area contributed by atoms with Gasteiger partial charge in [-0.2, -0.15) is 0 Å². The van der Waals surface area contributed by atoms with E-state index in [0.29, 0.717) is 6.04 Å². The molecule has 0 atom stereocenters. The predicted octanol–water partition coefficient (Wildman–Crippen LogP) is 2.51. The van der Waals surface area contributed by atoms with E-state index < -0.39 is 0 Å². The minimum atomic E-state index is 0.286. The van der Waals surface area contributed by atoms with Gasteiger partial charge in [0, 0.05) is 17.6 Å². The number of aromatic hydroxyl groups is 1. The molecule has 3 nitrogen and oxygen atoms in total. The highest BCUT2D eigenvalue weighted by molar-refractivity contribution is 5.92. The number of phenols is 1. The van der Waals surface area contributed by atoms with Gasteiger partial charge >= 0.3 is 0 Å². The zero-order valence-electron chi connectivity index (χ0n) is 8.27. The van der Waals surface area contributed by atoms with Crippen LogP contribution in [0.25, 0.3) is 10.8 Å². The van der Waals surface area contributed by atoms with Gasteiger partial charge in [-0.25, -0.2) is 4.98 Å². The van der Waals surface area contributed by atoms with Crippen LogP contribution in [0.3, 0.4) is 0 Å². The number of pyridine rings is 1. The maximum Gasteiger partial charge on any atom is 0.134 e. The Bertz CT molecular complexity index is 506. The van der Waals surface area contributed by atoms with Gasteiger partial charge in [-0.15, -0.1) is 0 Å². The molecule has 0 bridgehead atoms. The van der Waals surface area contributed by atoms with Crippen molar-refractivity contribution in [3.05, 3.63) is 30.5 Å². The van der Waals surface area contributed by atoms with Gasteiger partial charge in [-0.05, 0) is 36.4 Å². The van der Waals surface area contributed by atoms with Crippen molar-refractivity contribution in [2.24, 2.45) is 0 Å². The first-order valence-corrected chi connectivity index (χ1v) is 5.17. The second-order valence-corrected chi connectivity index (χ2v) is 3.98. The van der Waals surface area contributed by atoms with Gasteiger partial charge < -0.3 is 10.4 Å². The second-order valence-electron chi connectivity index (χ2n) is 3.98. The van der Waals surface area contributed by atoms with E-state index in [0.717, 1.165) is 16.6 Å². The zero-order valence-corrected chi connectivity index (χ0v) is 8.27. The van der Waals surface area contributed by atoms with Crippen LogP contribution in [0.1, 0.15) is 12.8 Å². The molecule has 2 aromatic rings. The standard InChI is InChI=1S/C12H12N2O/c15-10-4-1-8-5-6-13-12(11(8)7-10)14-9-2-3-9/h1,4-7,9,15H,2-3H2,(H,13,14). The van der Waals surface area contributed by atoms with E-state index in [9.17, 15) is 5.11 Å². The van der Waals surface area contributed by atoms with Crippen molar-refractivity contribution in [1.82, 2.24) is 4.98 Å². The highest BCUT2D eigenvalue weighted by Crippen LogP contribution is 2.29. The van der Waals surface area contributed by atoms with Crippen LogP contribution in [0.15, 0.2) is 30.5 Å². The van der Waals surface area contributed by atoms with Crippen LogP contribution >= 0.6 is 0 Å². The van der Waals surface area contributed by atoms with Crippen LogP contribution in [0.4, 0.5) is 5.82 Å². The summed E-state index contributed by atoms with van der Waals surface area (Å²) in [6.07, 6.45) is 4.23. The third kappa shape index (κ3) is 1.61. The van der Waals surface area contributed by atoms with E-state index in [1.54, 1.807) is 18.3 Å². The van der Waals surface area contributed by atoms with Crippen LogP contribution in [0.5, 0.6) is 5.75 Å². The summed E-state index contributed by atoms with van der Waals surface area (Å²) in [6, 6.07) is 7.89. The van der Waals surface area contributed by atoms with Crippen molar-refractivity contribution in [1.29, 1.82) is 0 Å². The molecule has 1 aliphatic carbocycles. The minimum absolute atomic E-state index is 0.286. The Labute approximate surface area is 87.8 Å². The average molecular weight is 200 g/mol. The molecule has 1 saturated carbocycles. The van der Waals surface area contributed by atoms with Crippen LogP contribution in [0.2, 0.25) is 0 Å². The molecular weight excluding hydrogens is 188 g/mol. The van der Waals surface area contributed by atoms with E-state index in [4.69, 9.17) is 0 Å². The maximum absolute atomic E-state index is 9.45. The van der Waals surface area contributed by atoms with Gasteiger partial charge in [-0.1, -0.05) is 6.07 Å². The normalized spacial score (nSPS) is 15.5. The molecule has 3 heteroatoms. The highest BCUT2D eigenvalue weighted by Gasteiger charge is 2.21. The summed E-state index contributed by atoms with van der Waals surface area (Å²) in [5.74, 6) is 1.17. The number of aromatic nitrogens is 1. The summed E-state index contributed by atoms with van der Waals surface area (Å²) in [5.41, 5.74) is 0. The lowest BCUT2D eigenvalue weighted by molar-refractivity contribution is 0.476. The Morgan fingerprint density at radius 3 is 2.93 bits per heavy atom. The number of rotatable bonds is 2. The number of hydrogen-bond donors (Lipinski definition) is 2. The summed E-state index contributed by atoms with van der Waals surface area (Å²) in [6.45, 7) is 0. The Hall–Kier alpha value is -1.77. The Morgan fingerprint density at radius 1 is 1.27 bits per heavy atom.